The third-order valence-corrected chi connectivity index (χ3v) is 8.75. The maximum Gasteiger partial charge on any atom is 0.0521 e. The van der Waals surface area contributed by atoms with Crippen LogP contribution in [0.1, 0.15) is 44.7 Å². The van der Waals surface area contributed by atoms with Gasteiger partial charge < -0.3 is 25.2 Å². The van der Waals surface area contributed by atoms with E-state index < -0.39 is 5.60 Å². The molecule has 9 nitrogen and oxygen atoms in total. The van der Waals surface area contributed by atoms with E-state index in [1.165, 1.54) is 13.0 Å². The molecule has 0 bridgehead atoms. The number of ether oxygens (including phenoxy) is 1. The fourth-order valence-corrected chi connectivity index (χ4v) is 5.56. The molecule has 2 aromatic rings. The number of carbonyl (C=O) groups excluding carboxylic acids is 1. The number of thioether (sulfide) groups is 2. The van der Waals surface area contributed by atoms with Crippen molar-refractivity contribution in [1.29, 1.82) is 0 Å². The van der Waals surface area contributed by atoms with Crippen molar-refractivity contribution in [2.24, 2.45) is 0 Å². The number of rotatable bonds is 22. The Balaban J connectivity index is 0.000000797. The van der Waals surface area contributed by atoms with Gasteiger partial charge in [-0.05, 0) is 94.3 Å². The molecule has 15 heteroatoms. The van der Waals surface area contributed by atoms with Crippen LogP contribution >= 0.6 is 46.7 Å². The number of halogens is 2. The summed E-state index contributed by atoms with van der Waals surface area (Å²) >= 11 is 15.7. The summed E-state index contributed by atoms with van der Waals surface area (Å²) in [7, 11) is 1.97. The van der Waals surface area contributed by atoms with Gasteiger partial charge in [0.05, 0.1) is 13.2 Å². The second-order valence-corrected chi connectivity index (χ2v) is 14.3. The molecule has 48 heavy (non-hydrogen) atoms. The molecule has 0 spiro atoms. The van der Waals surface area contributed by atoms with Gasteiger partial charge in [0.1, 0.15) is 5.60 Å². The van der Waals surface area contributed by atoms with Crippen molar-refractivity contribution in [3.05, 3.63) is 69.7 Å². The number of hydrogen-bond acceptors (Lipinski definition) is 10. The Bertz CT molecular complexity index is 1090. The van der Waals surface area contributed by atoms with E-state index in [0.717, 1.165) is 71.0 Å². The zero-order valence-corrected chi connectivity index (χ0v) is 32.0. The Hall–Kier alpha value is -1.28. The molecule has 0 fully saturated rings. The summed E-state index contributed by atoms with van der Waals surface area (Å²) in [6.07, 6.45) is 3.40. The van der Waals surface area contributed by atoms with Crippen LogP contribution in [0.15, 0.2) is 48.5 Å². The summed E-state index contributed by atoms with van der Waals surface area (Å²) in [5, 5.41) is 22.4. The van der Waals surface area contributed by atoms with E-state index in [0.29, 0.717) is 26.7 Å². The normalized spacial score (nSPS) is 10.6. The average Bonchev–Trinajstić information content (AvgIpc) is 3.05. The summed E-state index contributed by atoms with van der Waals surface area (Å²) in [6.45, 7) is 10.9. The Labute approximate surface area is 308 Å². The number of hydrogen-bond donors (Lipinski definition) is 3. The van der Waals surface area contributed by atoms with Crippen molar-refractivity contribution >= 4 is 67.5 Å². The minimum Gasteiger partial charge on any atom is -0.396 e. The van der Waals surface area contributed by atoms with Gasteiger partial charge in [-0.25, -0.2) is 4.79 Å². The standard InChI is InChI=1S/C18H28ClNO3S.C13H20ClNOS.C2H5B2O3/c1-18(2,3)23-17(22)20(10-6-13-24-14-12-21)11-9-15-7-4-5-8-16(15)19;14-13-5-2-1-4-12(13)6-8-15-7-3-10-17-11-9-16;1-3-7-6-2-4-5/h4-5,7-8,21H,6,9-14H2,1-3H3;1-2,4-5,15-16H,3,6-11H2;2H2,1H3. The first kappa shape index (κ1) is 46.7. The van der Waals surface area contributed by atoms with Gasteiger partial charge in [-0.1, -0.05) is 59.6 Å². The van der Waals surface area contributed by atoms with Crippen molar-refractivity contribution in [1.82, 2.24) is 10.2 Å². The van der Waals surface area contributed by atoms with Crippen molar-refractivity contribution in [2.45, 2.75) is 58.9 Å². The number of carbonyl (C=O) groups is 1. The molecule has 3 N–H and O–H groups in total. The zero-order chi connectivity index (χ0) is 35.9. The van der Waals surface area contributed by atoms with E-state index in [1.54, 1.807) is 35.2 Å². The monoisotopic (exact) mass is 745 g/mol. The number of benzene rings is 2. The van der Waals surface area contributed by atoms with Gasteiger partial charge in [0.25, 0.3) is 0 Å². The fourth-order valence-electron chi connectivity index (χ4n) is 3.75. The zero-order valence-electron chi connectivity index (χ0n) is 28.8. The molecule has 0 saturated carbocycles. The minimum absolute atomic E-state index is 0.00958. The number of aliphatic hydroxyl groups excluding tert-OH is 2. The number of aliphatic hydroxyl groups is 2. The predicted molar refractivity (Wildman–Crippen MR) is 204 cm³/mol. The first-order chi connectivity index (χ1) is 23.1. The molecule has 269 valence electrons. The number of nitrogens with one attached hydrogen (secondary N) is 1. The molecule has 1 amide bonds. The van der Waals surface area contributed by atoms with Crippen LogP contribution in [-0.4, -0.2) is 110 Å². The van der Waals surface area contributed by atoms with Gasteiger partial charge in [-0.3, -0.25) is 0 Å². The summed E-state index contributed by atoms with van der Waals surface area (Å²) < 4.78 is 15.0. The molecule has 0 atom stereocenters. The Morgan fingerprint density at radius 2 is 1.42 bits per heavy atom. The second-order valence-electron chi connectivity index (χ2n) is 11.1. The molecular formula is C33H53B2Cl2N2O7S2. The molecule has 0 heterocycles. The van der Waals surface area contributed by atoms with Crippen molar-refractivity contribution < 1.29 is 34.1 Å². The Morgan fingerprint density at radius 1 is 0.854 bits per heavy atom. The van der Waals surface area contributed by atoms with E-state index in [4.69, 9.17) is 38.2 Å². The third-order valence-electron chi connectivity index (χ3n) is 5.92. The topological polar surface area (TPSA) is 118 Å². The first-order valence-corrected chi connectivity index (χ1v) is 19.2. The molecule has 1 radical (unpaired) electrons. The van der Waals surface area contributed by atoms with Crippen LogP contribution in [0.25, 0.3) is 0 Å². The third kappa shape index (κ3) is 27.5. The molecule has 0 aliphatic rings. The maximum atomic E-state index is 12.4. The number of amides is 1. The van der Waals surface area contributed by atoms with Crippen molar-refractivity contribution in [3.8, 4) is 0 Å². The molecule has 0 aliphatic carbocycles. The first-order valence-electron chi connectivity index (χ1n) is 16.1. The number of nitrogens with zero attached hydrogens (tertiary/aromatic N) is 1. The summed E-state index contributed by atoms with van der Waals surface area (Å²) in [5.74, 6) is 3.59. The van der Waals surface area contributed by atoms with E-state index in [9.17, 15) is 9.50 Å². The van der Waals surface area contributed by atoms with E-state index in [-0.39, 0.29) is 25.8 Å². The second kappa shape index (κ2) is 31.7. The summed E-state index contributed by atoms with van der Waals surface area (Å²) in [4.78, 5) is 22.6. The average molecular weight is 746 g/mol. The van der Waals surface area contributed by atoms with E-state index >= 15 is 0 Å². The van der Waals surface area contributed by atoms with Gasteiger partial charge >= 0.3 is 48.5 Å². The van der Waals surface area contributed by atoms with Crippen molar-refractivity contribution in [2.75, 3.05) is 68.9 Å². The Morgan fingerprint density at radius 3 is 1.94 bits per heavy atom. The fraction of sp³-hybridized carbons (Fsp3) is 0.606. The van der Waals surface area contributed by atoms with Crippen LogP contribution in [0, 0.1) is 0 Å². The molecule has 2 aromatic carbocycles. The summed E-state index contributed by atoms with van der Waals surface area (Å²) in [6, 6.07) is 15.7. The van der Waals surface area contributed by atoms with Gasteiger partial charge in [-0.15, -0.1) is 0 Å². The summed E-state index contributed by atoms with van der Waals surface area (Å²) in [5.41, 5.74) is 1.73. The van der Waals surface area contributed by atoms with Crippen LogP contribution in [-0.2, 0) is 32.0 Å². The van der Waals surface area contributed by atoms with Crippen LogP contribution in [0.2, 0.25) is 16.9 Å². The predicted octanol–water partition coefficient (Wildman–Crippen LogP) is 6.43. The van der Waals surface area contributed by atoms with Crippen LogP contribution in [0.5, 0.6) is 0 Å². The van der Waals surface area contributed by atoms with E-state index in [2.05, 4.69) is 21.1 Å². The smallest absolute Gasteiger partial charge is 0.0521 e. The molecule has 0 aliphatic heterocycles. The largest absolute Gasteiger partial charge is 0.396 e. The van der Waals surface area contributed by atoms with E-state index in [1.807, 2.05) is 63.2 Å². The maximum absolute atomic E-state index is 12.4. The van der Waals surface area contributed by atoms with Gasteiger partial charge in [0, 0.05) is 34.6 Å². The molecular weight excluding hydrogens is 693 g/mol. The SMILES string of the molecule is CC(C)(C)OC(=O)N(CCCSCCO)CCc1ccccc1Cl.C[B]OOCB=O.OCCSCCCNCCc1ccccc1Cl. The van der Waals surface area contributed by atoms with Crippen LogP contribution in [0.3, 0.4) is 0 Å². The quantitative estimate of drug-likeness (QED) is 0.0539. The minimum atomic E-state index is -0.509. The Kier molecular flexibility index (Phi) is 30.8. The van der Waals surface area contributed by atoms with Gasteiger partial charge in [-0.2, -0.15) is 23.5 Å². The van der Waals surface area contributed by atoms with Gasteiger partial charge in [0.15, 0.2) is 0 Å². The van der Waals surface area contributed by atoms with Crippen molar-refractivity contribution in [3.63, 3.8) is 0 Å². The van der Waals surface area contributed by atoms with Crippen LogP contribution < -0.4 is 5.32 Å². The molecule has 0 saturated heterocycles. The molecule has 0 aromatic heterocycles. The molecule has 2 rings (SSSR count). The van der Waals surface area contributed by atoms with Crippen LogP contribution in [0.4, 0.5) is 4.79 Å². The van der Waals surface area contributed by atoms with Gasteiger partial charge in [0.2, 0.25) is 0 Å². The molecule has 0 unspecified atom stereocenters.